The summed E-state index contributed by atoms with van der Waals surface area (Å²) in [5.41, 5.74) is 5.86. The maximum atomic E-state index is 11.2. The van der Waals surface area contributed by atoms with E-state index in [1.54, 1.807) is 18.5 Å². The first-order valence-corrected chi connectivity index (χ1v) is 13.9. The fourth-order valence-corrected chi connectivity index (χ4v) is 6.56. The molecule has 0 bridgehead atoms. The Morgan fingerprint density at radius 3 is 2.66 bits per heavy atom. The van der Waals surface area contributed by atoms with Crippen LogP contribution in [0.1, 0.15) is 52.2 Å². The second-order valence-electron chi connectivity index (χ2n) is 9.73. The van der Waals surface area contributed by atoms with Gasteiger partial charge in [-0.15, -0.1) is 11.8 Å². The smallest absolute Gasteiger partial charge is 0.333 e. The lowest BCUT2D eigenvalue weighted by Gasteiger charge is -2.31. The number of aliphatic hydroxyl groups is 1. The van der Waals surface area contributed by atoms with E-state index in [4.69, 9.17) is 29.6 Å². The van der Waals surface area contributed by atoms with Crippen molar-refractivity contribution in [2.75, 3.05) is 18.0 Å². The molecular weight excluding hydrogens is 500 g/mol. The van der Waals surface area contributed by atoms with Crippen molar-refractivity contribution in [1.82, 2.24) is 24.5 Å². The SMILES string of the molecule is CC1(C)O[C@@H]2[C@H](O1)[C@@H](CNS(=O)(=O)O)O[C@H]2n1nc(SCC2(O)CCCCC2)c2c(N)ncnc21. The monoisotopic (exact) mass is 530 g/mol. The topological polar surface area (TPSA) is 184 Å². The molecule has 2 saturated heterocycles. The summed E-state index contributed by atoms with van der Waals surface area (Å²) in [6.45, 7) is 3.28. The molecule has 2 aromatic heterocycles. The summed E-state index contributed by atoms with van der Waals surface area (Å²) in [7, 11) is -4.42. The van der Waals surface area contributed by atoms with Crippen LogP contribution in [0.25, 0.3) is 11.0 Å². The predicted molar refractivity (Wildman–Crippen MR) is 126 cm³/mol. The lowest BCUT2D eigenvalue weighted by molar-refractivity contribution is -0.196. The van der Waals surface area contributed by atoms with Crippen LogP contribution in [-0.4, -0.2) is 79.8 Å². The van der Waals surface area contributed by atoms with Gasteiger partial charge < -0.3 is 25.1 Å². The molecule has 2 aromatic rings. The van der Waals surface area contributed by atoms with E-state index in [-0.39, 0.29) is 12.4 Å². The van der Waals surface area contributed by atoms with E-state index in [0.29, 0.717) is 21.8 Å². The summed E-state index contributed by atoms with van der Waals surface area (Å²) in [4.78, 5) is 8.50. The quantitative estimate of drug-likeness (QED) is 0.295. The van der Waals surface area contributed by atoms with Crippen molar-refractivity contribution in [3.63, 3.8) is 0 Å². The van der Waals surface area contributed by atoms with Crippen LogP contribution in [0.5, 0.6) is 0 Å². The summed E-state index contributed by atoms with van der Waals surface area (Å²) >= 11 is 1.39. The average molecular weight is 531 g/mol. The van der Waals surface area contributed by atoms with Gasteiger partial charge in [-0.2, -0.15) is 18.2 Å². The molecule has 3 fully saturated rings. The second kappa shape index (κ2) is 9.06. The first-order chi connectivity index (χ1) is 16.4. The predicted octanol–water partition coefficient (Wildman–Crippen LogP) is 1.01. The van der Waals surface area contributed by atoms with Gasteiger partial charge in [0.2, 0.25) is 0 Å². The van der Waals surface area contributed by atoms with Gasteiger partial charge >= 0.3 is 10.3 Å². The van der Waals surface area contributed by atoms with Gasteiger partial charge in [-0.3, -0.25) is 4.55 Å². The Bertz CT molecular complexity index is 1200. The molecule has 0 unspecified atom stereocenters. The number of ether oxygens (including phenoxy) is 3. The molecule has 13 nitrogen and oxygen atoms in total. The first kappa shape index (κ1) is 25.1. The van der Waals surface area contributed by atoms with Crippen molar-refractivity contribution in [3.05, 3.63) is 6.33 Å². The second-order valence-corrected chi connectivity index (χ2v) is 11.9. The molecule has 0 spiro atoms. The highest BCUT2D eigenvalue weighted by Gasteiger charge is 2.56. The number of thioether (sulfide) groups is 1. The standard InChI is InChI=1S/C20H30N6O7S2/c1-19(2)32-13-11(8-24-35(28,29)30)31-18(14(13)33-19)26-16-12(15(21)22-10-23-16)17(25-26)34-9-20(27)6-4-3-5-7-20/h10-11,13-14,18,24,27H,3-9H2,1-2H3,(H2,21,22,23)(H,28,29,30)/t11-,13-,14-,18-/m1/s1. The van der Waals surface area contributed by atoms with Gasteiger partial charge in [0.25, 0.3) is 0 Å². The van der Waals surface area contributed by atoms with E-state index in [9.17, 15) is 13.5 Å². The molecular formula is C20H30N6O7S2. The highest BCUT2D eigenvalue weighted by atomic mass is 32.2. The summed E-state index contributed by atoms with van der Waals surface area (Å²) < 4.78 is 53.4. The average Bonchev–Trinajstić information content (AvgIpc) is 3.40. The number of nitrogens with two attached hydrogens (primary N) is 1. The molecule has 1 saturated carbocycles. The summed E-state index contributed by atoms with van der Waals surface area (Å²) in [6.07, 6.45) is 3.10. The van der Waals surface area contributed by atoms with Gasteiger partial charge in [0.05, 0.1) is 11.0 Å². The molecule has 5 N–H and O–H groups in total. The zero-order chi connectivity index (χ0) is 25.0. The molecule has 1 aliphatic carbocycles. The third-order valence-corrected chi connectivity index (χ3v) is 8.35. The third-order valence-electron chi connectivity index (χ3n) is 6.58. The van der Waals surface area contributed by atoms with Gasteiger partial charge in [0.1, 0.15) is 35.5 Å². The number of hydrogen-bond donors (Lipinski definition) is 4. The molecule has 0 amide bonds. The molecule has 0 radical (unpaired) electrons. The van der Waals surface area contributed by atoms with Crippen molar-refractivity contribution in [2.24, 2.45) is 0 Å². The van der Waals surface area contributed by atoms with Crippen LogP contribution in [0.3, 0.4) is 0 Å². The minimum atomic E-state index is -4.42. The van der Waals surface area contributed by atoms with Gasteiger partial charge in [-0.25, -0.2) is 14.6 Å². The van der Waals surface area contributed by atoms with E-state index >= 15 is 0 Å². The summed E-state index contributed by atoms with van der Waals surface area (Å²) in [5, 5.41) is 16.8. The van der Waals surface area contributed by atoms with E-state index in [0.717, 1.165) is 32.1 Å². The van der Waals surface area contributed by atoms with Crippen molar-refractivity contribution in [3.8, 4) is 0 Å². The zero-order valence-corrected chi connectivity index (χ0v) is 21.1. The molecule has 15 heteroatoms. The van der Waals surface area contributed by atoms with Crippen LogP contribution in [0.4, 0.5) is 5.82 Å². The minimum Gasteiger partial charge on any atom is -0.389 e. The number of fused-ring (bicyclic) bond motifs is 2. The number of hydrogen-bond acceptors (Lipinski definition) is 11. The molecule has 0 aromatic carbocycles. The van der Waals surface area contributed by atoms with Crippen LogP contribution in [0.15, 0.2) is 11.4 Å². The van der Waals surface area contributed by atoms with Crippen LogP contribution >= 0.6 is 11.8 Å². The zero-order valence-electron chi connectivity index (χ0n) is 19.5. The number of rotatable bonds is 7. The van der Waals surface area contributed by atoms with E-state index < -0.39 is 46.2 Å². The van der Waals surface area contributed by atoms with Gasteiger partial charge in [-0.05, 0) is 26.7 Å². The summed E-state index contributed by atoms with van der Waals surface area (Å²) in [5.74, 6) is -0.229. The molecule has 4 atom stereocenters. The number of aromatic nitrogens is 4. The van der Waals surface area contributed by atoms with Gasteiger partial charge in [0.15, 0.2) is 17.7 Å². The maximum absolute atomic E-state index is 11.2. The van der Waals surface area contributed by atoms with E-state index in [1.807, 2.05) is 4.72 Å². The van der Waals surface area contributed by atoms with Crippen LogP contribution in [0, 0.1) is 0 Å². The molecule has 3 aliphatic rings. The van der Waals surface area contributed by atoms with Crippen molar-refractivity contribution in [1.29, 1.82) is 0 Å². The Hall–Kier alpha value is -1.59. The van der Waals surface area contributed by atoms with Gasteiger partial charge in [0, 0.05) is 12.3 Å². The Kier molecular flexibility index (Phi) is 6.49. The normalized spacial score (nSPS) is 30.1. The van der Waals surface area contributed by atoms with Gasteiger partial charge in [-0.1, -0.05) is 19.3 Å². The lowest BCUT2D eigenvalue weighted by Crippen LogP contribution is -2.39. The van der Waals surface area contributed by atoms with E-state index in [1.165, 1.54) is 18.1 Å². The number of nitrogens with one attached hydrogen (secondary N) is 1. The largest absolute Gasteiger partial charge is 0.389 e. The van der Waals surface area contributed by atoms with Crippen LogP contribution in [-0.2, 0) is 24.5 Å². The molecule has 2 aliphatic heterocycles. The first-order valence-electron chi connectivity index (χ1n) is 11.5. The minimum absolute atomic E-state index is 0.221. The molecule has 35 heavy (non-hydrogen) atoms. The van der Waals surface area contributed by atoms with Crippen LogP contribution in [0.2, 0.25) is 0 Å². The summed E-state index contributed by atoms with van der Waals surface area (Å²) in [6, 6.07) is 0. The fraction of sp³-hybridized carbons (Fsp3) is 0.750. The highest BCUT2D eigenvalue weighted by Crippen LogP contribution is 2.45. The highest BCUT2D eigenvalue weighted by molar-refractivity contribution is 7.99. The number of anilines is 1. The Morgan fingerprint density at radius 1 is 1.23 bits per heavy atom. The van der Waals surface area contributed by atoms with Crippen molar-refractivity contribution in [2.45, 2.75) is 86.9 Å². The third kappa shape index (κ3) is 5.13. The lowest BCUT2D eigenvalue weighted by atomic mass is 9.86. The Morgan fingerprint density at radius 2 is 1.94 bits per heavy atom. The molecule has 194 valence electrons. The Balaban J connectivity index is 1.47. The molecule has 5 rings (SSSR count). The molecule has 4 heterocycles. The number of nitrogens with zero attached hydrogens (tertiary/aromatic N) is 4. The Labute approximate surface area is 207 Å². The van der Waals surface area contributed by atoms with Crippen LogP contribution < -0.4 is 10.5 Å². The van der Waals surface area contributed by atoms with Crippen molar-refractivity contribution >= 4 is 38.9 Å². The van der Waals surface area contributed by atoms with E-state index in [2.05, 4.69) is 9.97 Å². The number of nitrogen functional groups attached to an aromatic ring is 1. The van der Waals surface area contributed by atoms with Crippen molar-refractivity contribution < 1.29 is 32.3 Å². The fourth-order valence-electron chi connectivity index (χ4n) is 5.01. The maximum Gasteiger partial charge on any atom is 0.333 e.